The Morgan fingerprint density at radius 3 is 2.56 bits per heavy atom. The molecule has 0 unspecified atom stereocenters. The highest BCUT2D eigenvalue weighted by molar-refractivity contribution is 5.31. The Morgan fingerprint density at radius 1 is 1.28 bits per heavy atom. The molecule has 0 bridgehead atoms. The molecule has 0 saturated carbocycles. The standard InChI is InChI=1S/C15H24FNO/c1-5-6-9-17-12(4)13-7-8-15(14(16)10-13)18-11(2)3/h7-8,10-12,17H,5-6,9H2,1-4H3/t12-/m1/s1. The first-order valence-corrected chi connectivity index (χ1v) is 6.74. The summed E-state index contributed by atoms with van der Waals surface area (Å²) < 4.78 is 19.2. The van der Waals surface area contributed by atoms with Crippen LogP contribution in [0.3, 0.4) is 0 Å². The Balaban J connectivity index is 2.65. The molecule has 0 aromatic heterocycles. The van der Waals surface area contributed by atoms with Gasteiger partial charge in [-0.2, -0.15) is 0 Å². The molecule has 0 radical (unpaired) electrons. The van der Waals surface area contributed by atoms with Crippen molar-refractivity contribution >= 4 is 0 Å². The molecule has 1 N–H and O–H groups in total. The highest BCUT2D eigenvalue weighted by Gasteiger charge is 2.10. The molecule has 0 saturated heterocycles. The van der Waals surface area contributed by atoms with Crippen molar-refractivity contribution < 1.29 is 9.13 Å². The van der Waals surface area contributed by atoms with Crippen LogP contribution in [0.25, 0.3) is 0 Å². The van der Waals surface area contributed by atoms with E-state index < -0.39 is 0 Å². The van der Waals surface area contributed by atoms with Crippen LogP contribution in [-0.2, 0) is 0 Å². The van der Waals surface area contributed by atoms with Crippen LogP contribution in [0, 0.1) is 5.82 Å². The van der Waals surface area contributed by atoms with Crippen molar-refractivity contribution in [2.24, 2.45) is 0 Å². The lowest BCUT2D eigenvalue weighted by Gasteiger charge is -2.16. The molecule has 1 rings (SSSR count). The highest BCUT2D eigenvalue weighted by atomic mass is 19.1. The molecule has 18 heavy (non-hydrogen) atoms. The zero-order chi connectivity index (χ0) is 13.5. The van der Waals surface area contributed by atoms with Gasteiger partial charge >= 0.3 is 0 Å². The van der Waals surface area contributed by atoms with Gasteiger partial charge in [-0.15, -0.1) is 0 Å². The fourth-order valence-electron chi connectivity index (χ4n) is 1.75. The topological polar surface area (TPSA) is 21.3 Å². The second kappa shape index (κ2) is 7.37. The molecule has 1 aromatic carbocycles. The number of hydrogen-bond acceptors (Lipinski definition) is 2. The molecule has 0 spiro atoms. The molecule has 0 amide bonds. The van der Waals surface area contributed by atoms with Crippen LogP contribution in [0.5, 0.6) is 5.75 Å². The molecule has 2 nitrogen and oxygen atoms in total. The summed E-state index contributed by atoms with van der Waals surface area (Å²) >= 11 is 0. The maximum Gasteiger partial charge on any atom is 0.165 e. The van der Waals surface area contributed by atoms with Crippen molar-refractivity contribution in [3.63, 3.8) is 0 Å². The molecule has 0 aliphatic rings. The van der Waals surface area contributed by atoms with E-state index in [-0.39, 0.29) is 18.0 Å². The van der Waals surface area contributed by atoms with Crippen molar-refractivity contribution in [2.45, 2.75) is 52.7 Å². The van der Waals surface area contributed by atoms with E-state index in [0.29, 0.717) is 5.75 Å². The molecule has 1 aromatic rings. The Bertz CT molecular complexity index is 366. The lowest BCUT2D eigenvalue weighted by Crippen LogP contribution is -2.19. The van der Waals surface area contributed by atoms with Crippen LogP contribution in [0.15, 0.2) is 18.2 Å². The fourth-order valence-corrected chi connectivity index (χ4v) is 1.75. The van der Waals surface area contributed by atoms with Crippen molar-refractivity contribution in [1.82, 2.24) is 5.32 Å². The maximum absolute atomic E-state index is 13.8. The van der Waals surface area contributed by atoms with Gasteiger partial charge in [0, 0.05) is 6.04 Å². The zero-order valence-electron chi connectivity index (χ0n) is 11.8. The van der Waals surface area contributed by atoms with E-state index >= 15 is 0 Å². The first-order valence-electron chi connectivity index (χ1n) is 6.74. The smallest absolute Gasteiger partial charge is 0.165 e. The zero-order valence-corrected chi connectivity index (χ0v) is 11.8. The van der Waals surface area contributed by atoms with Crippen molar-refractivity contribution in [2.75, 3.05) is 6.54 Å². The summed E-state index contributed by atoms with van der Waals surface area (Å²) in [6, 6.07) is 5.35. The maximum atomic E-state index is 13.8. The van der Waals surface area contributed by atoms with Gasteiger partial charge in [0.2, 0.25) is 0 Å². The monoisotopic (exact) mass is 253 g/mol. The van der Waals surface area contributed by atoms with Crippen LogP contribution in [0.1, 0.15) is 52.1 Å². The van der Waals surface area contributed by atoms with Crippen LogP contribution in [0.4, 0.5) is 4.39 Å². The summed E-state index contributed by atoms with van der Waals surface area (Å²) in [5.74, 6) is 0.0415. The van der Waals surface area contributed by atoms with Gasteiger partial charge < -0.3 is 10.1 Å². The minimum Gasteiger partial charge on any atom is -0.488 e. The van der Waals surface area contributed by atoms with Gasteiger partial charge in [-0.25, -0.2) is 4.39 Å². The average Bonchev–Trinajstić information content (AvgIpc) is 2.31. The van der Waals surface area contributed by atoms with Crippen LogP contribution < -0.4 is 10.1 Å². The van der Waals surface area contributed by atoms with Gasteiger partial charge in [0.15, 0.2) is 11.6 Å². The highest BCUT2D eigenvalue weighted by Crippen LogP contribution is 2.22. The van der Waals surface area contributed by atoms with E-state index in [1.54, 1.807) is 12.1 Å². The minimum absolute atomic E-state index is 0.00884. The number of nitrogens with one attached hydrogen (secondary N) is 1. The van der Waals surface area contributed by atoms with Crippen molar-refractivity contribution in [3.05, 3.63) is 29.6 Å². The van der Waals surface area contributed by atoms with Crippen molar-refractivity contribution in [1.29, 1.82) is 0 Å². The molecule has 0 aliphatic carbocycles. The third kappa shape index (κ3) is 4.65. The fraction of sp³-hybridized carbons (Fsp3) is 0.600. The molecule has 102 valence electrons. The van der Waals surface area contributed by atoms with Crippen LogP contribution >= 0.6 is 0 Å². The third-order valence-corrected chi connectivity index (χ3v) is 2.80. The first kappa shape index (κ1) is 15.0. The number of benzene rings is 1. The van der Waals surface area contributed by atoms with Gasteiger partial charge in [-0.1, -0.05) is 19.4 Å². The molecule has 0 aliphatic heterocycles. The summed E-state index contributed by atoms with van der Waals surface area (Å²) in [5, 5.41) is 3.38. The van der Waals surface area contributed by atoms with Crippen LogP contribution in [0.2, 0.25) is 0 Å². The third-order valence-electron chi connectivity index (χ3n) is 2.80. The Labute approximate surface area is 110 Å². The summed E-state index contributed by atoms with van der Waals surface area (Å²) in [7, 11) is 0. The number of hydrogen-bond donors (Lipinski definition) is 1. The minimum atomic E-state index is -0.287. The van der Waals surface area contributed by atoms with Gasteiger partial charge in [-0.3, -0.25) is 0 Å². The van der Waals surface area contributed by atoms with E-state index in [0.717, 1.165) is 24.9 Å². The SMILES string of the molecule is CCCCN[C@H](C)c1ccc(OC(C)C)c(F)c1. The first-order chi connectivity index (χ1) is 8.54. The normalized spacial score (nSPS) is 12.8. The van der Waals surface area contributed by atoms with E-state index in [4.69, 9.17) is 4.74 Å². The summed E-state index contributed by atoms with van der Waals surface area (Å²) in [6.07, 6.45) is 2.29. The number of unbranched alkanes of at least 4 members (excludes halogenated alkanes) is 1. The molecule has 0 heterocycles. The largest absolute Gasteiger partial charge is 0.488 e. The molecular formula is C15H24FNO. The number of rotatable bonds is 7. The van der Waals surface area contributed by atoms with E-state index in [1.807, 2.05) is 26.8 Å². The van der Waals surface area contributed by atoms with Gasteiger partial charge in [-0.05, 0) is 51.4 Å². The van der Waals surface area contributed by atoms with E-state index in [2.05, 4.69) is 12.2 Å². The number of ether oxygens (including phenoxy) is 1. The van der Waals surface area contributed by atoms with Gasteiger partial charge in [0.05, 0.1) is 6.10 Å². The molecule has 3 heteroatoms. The lowest BCUT2D eigenvalue weighted by atomic mass is 10.1. The molecular weight excluding hydrogens is 229 g/mol. The Kier molecular flexibility index (Phi) is 6.13. The Hall–Kier alpha value is -1.09. The lowest BCUT2D eigenvalue weighted by molar-refractivity contribution is 0.231. The molecule has 0 fully saturated rings. The summed E-state index contributed by atoms with van der Waals surface area (Å²) in [4.78, 5) is 0. The quantitative estimate of drug-likeness (QED) is 0.740. The number of halogens is 1. The predicted molar refractivity (Wildman–Crippen MR) is 73.5 cm³/mol. The summed E-state index contributed by atoms with van der Waals surface area (Å²) in [5.41, 5.74) is 0.958. The predicted octanol–water partition coefficient (Wildman–Crippen LogP) is 4.06. The van der Waals surface area contributed by atoms with Gasteiger partial charge in [0.1, 0.15) is 0 Å². The Morgan fingerprint density at radius 2 is 2.00 bits per heavy atom. The average molecular weight is 253 g/mol. The van der Waals surface area contributed by atoms with Crippen molar-refractivity contribution in [3.8, 4) is 5.75 Å². The summed E-state index contributed by atoms with van der Waals surface area (Å²) in [6.45, 7) is 8.95. The van der Waals surface area contributed by atoms with E-state index in [9.17, 15) is 4.39 Å². The van der Waals surface area contributed by atoms with E-state index in [1.165, 1.54) is 0 Å². The second-order valence-corrected chi connectivity index (χ2v) is 4.89. The van der Waals surface area contributed by atoms with Crippen LogP contribution in [-0.4, -0.2) is 12.6 Å². The van der Waals surface area contributed by atoms with Gasteiger partial charge in [0.25, 0.3) is 0 Å². The molecule has 1 atom stereocenters. The second-order valence-electron chi connectivity index (χ2n) is 4.89.